The number of benzene rings is 1. The number of hydrogen-bond acceptors (Lipinski definition) is 3. The molecule has 3 rings (SSSR count). The first-order chi connectivity index (χ1) is 9.67. The van der Waals surface area contributed by atoms with Gasteiger partial charge in [-0.1, -0.05) is 6.07 Å². The number of anilines is 1. The standard InChI is InChI=1S/C15H19N3O2/c1-16-14(19)9-3-2-4-10(7-9)18-15(20)12-8-11-5-6-13(12)17-11/h2-4,7,11-13,17H,5-6,8H2,1H3,(H,16,19)(H,18,20). The Kier molecular flexibility index (Phi) is 3.44. The third-order valence-electron chi connectivity index (χ3n) is 4.26. The van der Waals surface area contributed by atoms with Crippen LogP contribution in [0.15, 0.2) is 24.3 Å². The molecular formula is C15H19N3O2. The van der Waals surface area contributed by atoms with E-state index in [2.05, 4.69) is 16.0 Å². The van der Waals surface area contributed by atoms with Crippen LogP contribution in [-0.2, 0) is 4.79 Å². The number of hydrogen-bond donors (Lipinski definition) is 3. The zero-order valence-corrected chi connectivity index (χ0v) is 11.5. The van der Waals surface area contributed by atoms with Gasteiger partial charge in [0, 0.05) is 30.4 Å². The molecule has 3 N–H and O–H groups in total. The van der Waals surface area contributed by atoms with Gasteiger partial charge in [0.1, 0.15) is 0 Å². The lowest BCUT2D eigenvalue weighted by Crippen LogP contribution is -2.32. The SMILES string of the molecule is CNC(=O)c1cccc(NC(=O)C2CC3CCC2N3)c1. The van der Waals surface area contributed by atoms with Crippen LogP contribution < -0.4 is 16.0 Å². The summed E-state index contributed by atoms with van der Waals surface area (Å²) < 4.78 is 0. The molecule has 1 aromatic carbocycles. The summed E-state index contributed by atoms with van der Waals surface area (Å²) in [4.78, 5) is 23.9. The van der Waals surface area contributed by atoms with Gasteiger partial charge in [-0.2, -0.15) is 0 Å². The van der Waals surface area contributed by atoms with Crippen molar-refractivity contribution in [3.8, 4) is 0 Å². The zero-order chi connectivity index (χ0) is 14.1. The molecule has 0 aromatic heterocycles. The Morgan fingerprint density at radius 2 is 2.15 bits per heavy atom. The van der Waals surface area contributed by atoms with Gasteiger partial charge in [0.25, 0.3) is 5.91 Å². The molecule has 3 atom stereocenters. The lowest BCUT2D eigenvalue weighted by molar-refractivity contribution is -0.120. The molecule has 5 nitrogen and oxygen atoms in total. The van der Waals surface area contributed by atoms with Crippen LogP contribution in [0, 0.1) is 5.92 Å². The minimum absolute atomic E-state index is 0.0532. The first-order valence-electron chi connectivity index (χ1n) is 7.06. The Hall–Kier alpha value is -1.88. The minimum atomic E-state index is -0.150. The van der Waals surface area contributed by atoms with E-state index in [0.29, 0.717) is 23.3 Å². The molecule has 20 heavy (non-hydrogen) atoms. The van der Waals surface area contributed by atoms with Crippen LogP contribution >= 0.6 is 0 Å². The number of amides is 2. The molecule has 2 aliphatic heterocycles. The molecule has 2 saturated heterocycles. The van der Waals surface area contributed by atoms with Gasteiger partial charge >= 0.3 is 0 Å². The number of carbonyl (C=O) groups excluding carboxylic acids is 2. The van der Waals surface area contributed by atoms with Crippen LogP contribution in [0.1, 0.15) is 29.6 Å². The molecule has 106 valence electrons. The third-order valence-corrected chi connectivity index (χ3v) is 4.26. The molecular weight excluding hydrogens is 254 g/mol. The summed E-state index contributed by atoms with van der Waals surface area (Å²) in [6.07, 6.45) is 3.19. The van der Waals surface area contributed by atoms with Crippen molar-refractivity contribution in [2.75, 3.05) is 12.4 Å². The van der Waals surface area contributed by atoms with E-state index in [9.17, 15) is 9.59 Å². The van der Waals surface area contributed by atoms with Gasteiger partial charge in [-0.25, -0.2) is 0 Å². The van der Waals surface area contributed by atoms with E-state index in [0.717, 1.165) is 12.8 Å². The predicted octanol–water partition coefficient (Wildman–Crippen LogP) is 1.13. The van der Waals surface area contributed by atoms with Crippen molar-refractivity contribution >= 4 is 17.5 Å². The second kappa shape index (κ2) is 5.25. The highest BCUT2D eigenvalue weighted by molar-refractivity contribution is 5.97. The van der Waals surface area contributed by atoms with Crippen molar-refractivity contribution in [2.45, 2.75) is 31.3 Å². The first-order valence-corrected chi connectivity index (χ1v) is 7.06. The normalized spacial score (nSPS) is 27.4. The average Bonchev–Trinajstić information content (AvgIpc) is 3.09. The third kappa shape index (κ3) is 2.41. The first kappa shape index (κ1) is 13.1. The summed E-state index contributed by atoms with van der Waals surface area (Å²) in [7, 11) is 1.59. The van der Waals surface area contributed by atoms with E-state index < -0.39 is 0 Å². The summed E-state index contributed by atoms with van der Waals surface area (Å²) in [5, 5.41) is 8.96. The molecule has 2 aliphatic rings. The summed E-state index contributed by atoms with van der Waals surface area (Å²) >= 11 is 0. The number of rotatable bonds is 3. The van der Waals surface area contributed by atoms with Gasteiger partial charge in [-0.3, -0.25) is 9.59 Å². The van der Waals surface area contributed by atoms with E-state index in [1.807, 2.05) is 6.07 Å². The Morgan fingerprint density at radius 3 is 2.80 bits per heavy atom. The lowest BCUT2D eigenvalue weighted by Gasteiger charge is -2.19. The fourth-order valence-corrected chi connectivity index (χ4v) is 3.23. The van der Waals surface area contributed by atoms with Crippen LogP contribution in [0.2, 0.25) is 0 Å². The van der Waals surface area contributed by atoms with Crippen molar-refractivity contribution in [1.29, 1.82) is 0 Å². The van der Waals surface area contributed by atoms with Crippen LogP contribution in [0.5, 0.6) is 0 Å². The van der Waals surface area contributed by atoms with E-state index in [-0.39, 0.29) is 17.7 Å². The molecule has 0 spiro atoms. The topological polar surface area (TPSA) is 70.2 Å². The van der Waals surface area contributed by atoms with Gasteiger partial charge in [-0.15, -0.1) is 0 Å². The number of nitrogens with one attached hydrogen (secondary N) is 3. The molecule has 0 radical (unpaired) electrons. The van der Waals surface area contributed by atoms with Crippen molar-refractivity contribution in [2.24, 2.45) is 5.92 Å². The van der Waals surface area contributed by atoms with Gasteiger partial charge in [0.15, 0.2) is 0 Å². The van der Waals surface area contributed by atoms with Crippen molar-refractivity contribution in [1.82, 2.24) is 10.6 Å². The maximum Gasteiger partial charge on any atom is 0.251 e. The number of carbonyl (C=O) groups is 2. The van der Waals surface area contributed by atoms with E-state index >= 15 is 0 Å². The van der Waals surface area contributed by atoms with Gasteiger partial charge in [0.2, 0.25) is 5.91 Å². The molecule has 2 fully saturated rings. The monoisotopic (exact) mass is 273 g/mol. The summed E-state index contributed by atoms with van der Waals surface area (Å²) in [6, 6.07) is 7.85. The van der Waals surface area contributed by atoms with Gasteiger partial charge in [0.05, 0.1) is 5.92 Å². The van der Waals surface area contributed by atoms with Crippen LogP contribution in [-0.4, -0.2) is 30.9 Å². The average molecular weight is 273 g/mol. The molecule has 0 saturated carbocycles. The van der Waals surface area contributed by atoms with Crippen molar-refractivity contribution in [3.05, 3.63) is 29.8 Å². The van der Waals surface area contributed by atoms with E-state index in [4.69, 9.17) is 0 Å². The van der Waals surface area contributed by atoms with Gasteiger partial charge < -0.3 is 16.0 Å². The smallest absolute Gasteiger partial charge is 0.251 e. The Bertz CT molecular complexity index is 544. The maximum absolute atomic E-state index is 12.3. The summed E-state index contributed by atoms with van der Waals surface area (Å²) in [6.45, 7) is 0. The van der Waals surface area contributed by atoms with Crippen molar-refractivity contribution < 1.29 is 9.59 Å². The second-order valence-corrected chi connectivity index (χ2v) is 5.54. The molecule has 5 heteroatoms. The molecule has 3 unspecified atom stereocenters. The Morgan fingerprint density at radius 1 is 1.30 bits per heavy atom. The van der Waals surface area contributed by atoms with Crippen LogP contribution in [0.4, 0.5) is 5.69 Å². The molecule has 1 aromatic rings. The number of fused-ring (bicyclic) bond motifs is 2. The van der Waals surface area contributed by atoms with Crippen LogP contribution in [0.25, 0.3) is 0 Å². The fraction of sp³-hybridized carbons (Fsp3) is 0.467. The highest BCUT2D eigenvalue weighted by Crippen LogP contribution is 2.33. The van der Waals surface area contributed by atoms with Gasteiger partial charge in [-0.05, 0) is 37.5 Å². The molecule has 0 aliphatic carbocycles. The van der Waals surface area contributed by atoms with E-state index in [1.165, 1.54) is 6.42 Å². The second-order valence-electron chi connectivity index (χ2n) is 5.54. The highest BCUT2D eigenvalue weighted by atomic mass is 16.2. The fourth-order valence-electron chi connectivity index (χ4n) is 3.23. The highest BCUT2D eigenvalue weighted by Gasteiger charge is 2.42. The molecule has 2 amide bonds. The largest absolute Gasteiger partial charge is 0.355 e. The predicted molar refractivity (Wildman–Crippen MR) is 76.5 cm³/mol. The summed E-state index contributed by atoms with van der Waals surface area (Å²) in [5.41, 5.74) is 1.23. The Balaban J connectivity index is 1.68. The lowest BCUT2D eigenvalue weighted by atomic mass is 9.88. The Labute approximate surface area is 118 Å². The van der Waals surface area contributed by atoms with Crippen LogP contribution in [0.3, 0.4) is 0 Å². The molecule has 2 heterocycles. The van der Waals surface area contributed by atoms with Crippen molar-refractivity contribution in [3.63, 3.8) is 0 Å². The zero-order valence-electron chi connectivity index (χ0n) is 11.5. The minimum Gasteiger partial charge on any atom is -0.355 e. The summed E-state index contributed by atoms with van der Waals surface area (Å²) in [5.74, 6) is -0.0427. The molecule has 2 bridgehead atoms. The quantitative estimate of drug-likeness (QED) is 0.773. The van der Waals surface area contributed by atoms with E-state index in [1.54, 1.807) is 25.2 Å². The maximum atomic E-state index is 12.3.